The summed E-state index contributed by atoms with van der Waals surface area (Å²) in [6.07, 6.45) is -2.62. The van der Waals surface area contributed by atoms with E-state index in [0.29, 0.717) is 18.6 Å². The van der Waals surface area contributed by atoms with Crippen LogP contribution in [0.25, 0.3) is 0 Å². The Morgan fingerprint density at radius 1 is 1.50 bits per heavy atom. The molecule has 18 heavy (non-hydrogen) atoms. The van der Waals surface area contributed by atoms with Crippen molar-refractivity contribution in [3.8, 4) is 0 Å². The first-order valence-corrected chi connectivity index (χ1v) is 5.63. The molecule has 1 aliphatic carbocycles. The van der Waals surface area contributed by atoms with Crippen LogP contribution in [0, 0.1) is 5.92 Å². The van der Waals surface area contributed by atoms with Crippen molar-refractivity contribution in [2.24, 2.45) is 5.92 Å². The average Bonchev–Trinajstić information content (AvgIpc) is 3.08. The van der Waals surface area contributed by atoms with Gasteiger partial charge >= 0.3 is 12.1 Å². The number of carbonyl (C=O) groups excluding carboxylic acids is 1. The fraction of sp³-hybridized carbons (Fsp3) is 0.500. The van der Waals surface area contributed by atoms with Gasteiger partial charge < -0.3 is 4.74 Å². The average molecular weight is 259 g/mol. The van der Waals surface area contributed by atoms with Crippen LogP contribution < -0.4 is 0 Å². The summed E-state index contributed by atoms with van der Waals surface area (Å²) >= 11 is 0. The van der Waals surface area contributed by atoms with E-state index < -0.39 is 11.9 Å². The third kappa shape index (κ3) is 2.63. The third-order valence-electron chi connectivity index (χ3n) is 2.88. The largest absolute Gasteiger partial charge is 0.466 e. The molecule has 0 aliphatic heterocycles. The fourth-order valence-corrected chi connectivity index (χ4v) is 1.87. The summed E-state index contributed by atoms with van der Waals surface area (Å²) in [7, 11) is 0. The molecule has 0 aromatic carbocycles. The Balaban J connectivity index is 2.03. The maximum atomic E-state index is 12.3. The highest BCUT2D eigenvalue weighted by Crippen LogP contribution is 2.48. The highest BCUT2D eigenvalue weighted by atomic mass is 19.4. The topological polar surface area (TPSA) is 39.2 Å². The fourth-order valence-electron chi connectivity index (χ4n) is 1.87. The van der Waals surface area contributed by atoms with Crippen LogP contribution in [-0.4, -0.2) is 17.6 Å². The van der Waals surface area contributed by atoms with Crippen LogP contribution in [0.3, 0.4) is 0 Å². The second kappa shape index (κ2) is 4.59. The summed E-state index contributed by atoms with van der Waals surface area (Å²) in [6, 6.07) is 2.32. The van der Waals surface area contributed by atoms with Gasteiger partial charge in [-0.15, -0.1) is 0 Å². The summed E-state index contributed by atoms with van der Waals surface area (Å²) < 4.78 is 41.8. The van der Waals surface area contributed by atoms with Crippen LogP contribution >= 0.6 is 0 Å². The molecule has 0 amide bonds. The van der Waals surface area contributed by atoms with Crippen LogP contribution in [0.5, 0.6) is 0 Å². The highest BCUT2D eigenvalue weighted by molar-refractivity contribution is 5.77. The molecular formula is C12H12F3NO2. The lowest BCUT2D eigenvalue weighted by Gasteiger charge is -2.06. The van der Waals surface area contributed by atoms with Crippen LogP contribution in [0.15, 0.2) is 18.3 Å². The van der Waals surface area contributed by atoms with Crippen molar-refractivity contribution < 1.29 is 22.7 Å². The Hall–Kier alpha value is -1.59. The molecule has 1 fully saturated rings. The molecular weight excluding hydrogens is 247 g/mol. The summed E-state index contributed by atoms with van der Waals surface area (Å²) in [5.74, 6) is -0.579. The Labute approximate surface area is 102 Å². The molecule has 1 aromatic rings. The van der Waals surface area contributed by atoms with E-state index in [4.69, 9.17) is 4.74 Å². The van der Waals surface area contributed by atoms with E-state index in [-0.39, 0.29) is 17.8 Å². The highest BCUT2D eigenvalue weighted by Gasteiger charge is 2.45. The second-order valence-electron chi connectivity index (χ2n) is 4.18. The number of alkyl halides is 3. The quantitative estimate of drug-likeness (QED) is 0.783. The Bertz CT molecular complexity index is 442. The number of esters is 1. The van der Waals surface area contributed by atoms with Gasteiger partial charge in [0.2, 0.25) is 0 Å². The smallest absolute Gasteiger partial charge is 0.433 e. The van der Waals surface area contributed by atoms with E-state index in [1.165, 1.54) is 12.3 Å². The van der Waals surface area contributed by atoms with Gasteiger partial charge in [-0.2, -0.15) is 13.2 Å². The molecule has 1 aliphatic rings. The number of carbonyl (C=O) groups is 1. The number of halogens is 3. The van der Waals surface area contributed by atoms with Gasteiger partial charge in [0.15, 0.2) is 0 Å². The molecule has 2 rings (SSSR count). The van der Waals surface area contributed by atoms with E-state index in [0.717, 1.165) is 6.07 Å². The van der Waals surface area contributed by atoms with Crippen LogP contribution in [-0.2, 0) is 15.7 Å². The zero-order valence-corrected chi connectivity index (χ0v) is 9.70. The van der Waals surface area contributed by atoms with Crippen molar-refractivity contribution >= 4 is 5.97 Å². The molecule has 0 bridgehead atoms. The summed E-state index contributed by atoms with van der Waals surface area (Å²) in [6.45, 7) is 2.03. The molecule has 1 heterocycles. The number of rotatable bonds is 3. The van der Waals surface area contributed by atoms with Crippen molar-refractivity contribution in [1.82, 2.24) is 4.98 Å². The predicted octanol–water partition coefficient (Wildman–Crippen LogP) is 2.77. The maximum absolute atomic E-state index is 12.3. The van der Waals surface area contributed by atoms with Crippen LogP contribution in [0.1, 0.15) is 30.5 Å². The number of nitrogens with zero attached hydrogens (tertiary/aromatic N) is 1. The van der Waals surface area contributed by atoms with Crippen LogP contribution in [0.2, 0.25) is 0 Å². The van der Waals surface area contributed by atoms with Crippen molar-refractivity contribution in [1.29, 1.82) is 0 Å². The van der Waals surface area contributed by atoms with Gasteiger partial charge in [0, 0.05) is 6.20 Å². The molecule has 2 atom stereocenters. The first-order chi connectivity index (χ1) is 8.43. The first-order valence-electron chi connectivity index (χ1n) is 5.63. The number of aromatic nitrogens is 1. The van der Waals surface area contributed by atoms with Crippen molar-refractivity contribution in [3.05, 3.63) is 29.6 Å². The zero-order valence-electron chi connectivity index (χ0n) is 9.70. The normalized spacial score (nSPS) is 22.7. The van der Waals surface area contributed by atoms with Gasteiger partial charge in [0.25, 0.3) is 0 Å². The first kappa shape index (κ1) is 12.9. The van der Waals surface area contributed by atoms with E-state index in [2.05, 4.69) is 4.98 Å². The number of ether oxygens (including phenoxy) is 1. The number of pyridine rings is 1. The summed E-state index contributed by atoms with van der Waals surface area (Å²) in [5, 5.41) is 0. The van der Waals surface area contributed by atoms with Crippen molar-refractivity contribution in [2.75, 3.05) is 6.61 Å². The summed E-state index contributed by atoms with van der Waals surface area (Å²) in [5.41, 5.74) is -0.263. The zero-order chi connectivity index (χ0) is 13.3. The Kier molecular flexibility index (Phi) is 3.28. The van der Waals surface area contributed by atoms with Gasteiger partial charge in [-0.25, -0.2) is 0 Å². The van der Waals surface area contributed by atoms with Crippen molar-refractivity contribution in [2.45, 2.75) is 25.4 Å². The molecule has 0 saturated heterocycles. The molecule has 0 spiro atoms. The predicted molar refractivity (Wildman–Crippen MR) is 56.7 cm³/mol. The maximum Gasteiger partial charge on any atom is 0.433 e. The molecule has 0 N–H and O–H groups in total. The molecule has 6 heteroatoms. The van der Waals surface area contributed by atoms with Crippen LogP contribution in [0.4, 0.5) is 13.2 Å². The van der Waals surface area contributed by atoms with Gasteiger partial charge in [-0.05, 0) is 30.9 Å². The molecule has 0 radical (unpaired) electrons. The molecule has 98 valence electrons. The lowest BCUT2D eigenvalue weighted by Crippen LogP contribution is -2.09. The standard InChI is InChI=1S/C12H12F3NO2/c1-2-18-11(17)9-5-8(9)7-3-4-10(16-6-7)12(13,14)15/h3-4,6,8-9H,2,5H2,1H3/t8-,9+/m1/s1. The van der Waals surface area contributed by atoms with Gasteiger partial charge in [-0.3, -0.25) is 9.78 Å². The minimum absolute atomic E-state index is 0.0566. The van der Waals surface area contributed by atoms with E-state index in [1.54, 1.807) is 6.92 Å². The lowest BCUT2D eigenvalue weighted by molar-refractivity contribution is -0.145. The van der Waals surface area contributed by atoms with E-state index in [1.807, 2.05) is 0 Å². The Morgan fingerprint density at radius 2 is 2.22 bits per heavy atom. The van der Waals surface area contributed by atoms with Gasteiger partial charge in [0.05, 0.1) is 12.5 Å². The minimum Gasteiger partial charge on any atom is -0.466 e. The molecule has 3 nitrogen and oxygen atoms in total. The minimum atomic E-state index is -4.43. The third-order valence-corrected chi connectivity index (χ3v) is 2.88. The summed E-state index contributed by atoms with van der Waals surface area (Å²) in [4.78, 5) is 14.8. The van der Waals surface area contributed by atoms with E-state index in [9.17, 15) is 18.0 Å². The Morgan fingerprint density at radius 3 is 2.72 bits per heavy atom. The van der Waals surface area contributed by atoms with Gasteiger partial charge in [-0.1, -0.05) is 6.07 Å². The SMILES string of the molecule is CCOC(=O)[C@H]1C[C@@H]1c1ccc(C(F)(F)F)nc1. The number of hydrogen-bond acceptors (Lipinski definition) is 3. The lowest BCUT2D eigenvalue weighted by atomic mass is 10.1. The van der Waals surface area contributed by atoms with E-state index >= 15 is 0 Å². The van der Waals surface area contributed by atoms with Crippen molar-refractivity contribution in [3.63, 3.8) is 0 Å². The monoisotopic (exact) mass is 259 g/mol. The second-order valence-corrected chi connectivity index (χ2v) is 4.18. The number of hydrogen-bond donors (Lipinski definition) is 0. The van der Waals surface area contributed by atoms with Gasteiger partial charge in [0.1, 0.15) is 5.69 Å². The molecule has 0 unspecified atom stereocenters. The molecule has 1 aromatic heterocycles. The molecule has 1 saturated carbocycles.